The molecular formula is C16H16F2N2O2. The molecule has 1 saturated heterocycles. The minimum Gasteiger partial charge on any atom is -0.465 e. The third kappa shape index (κ3) is 2.45. The molecule has 116 valence electrons. The number of carbonyl (C=O) groups is 1. The Hall–Kier alpha value is -2.37. The number of anilines is 1. The molecular weight excluding hydrogens is 290 g/mol. The van der Waals surface area contributed by atoms with Crippen LogP contribution < -0.4 is 4.90 Å². The van der Waals surface area contributed by atoms with Gasteiger partial charge in [-0.05, 0) is 37.3 Å². The second-order valence-corrected chi connectivity index (χ2v) is 5.53. The Labute approximate surface area is 126 Å². The van der Waals surface area contributed by atoms with E-state index in [2.05, 4.69) is 0 Å². The first-order valence-electron chi connectivity index (χ1n) is 7.09. The SMILES string of the molecule is CC1CN(c2ccc(F)c3cc(F)ccc23)CCN1C(=O)O. The molecule has 0 saturated carbocycles. The van der Waals surface area contributed by atoms with Crippen LogP contribution in [0.2, 0.25) is 0 Å². The molecule has 1 aliphatic heterocycles. The summed E-state index contributed by atoms with van der Waals surface area (Å²) < 4.78 is 27.2. The number of nitrogens with zero attached hydrogens (tertiary/aromatic N) is 2. The van der Waals surface area contributed by atoms with E-state index in [0.717, 1.165) is 5.69 Å². The zero-order valence-corrected chi connectivity index (χ0v) is 12.1. The topological polar surface area (TPSA) is 43.8 Å². The summed E-state index contributed by atoms with van der Waals surface area (Å²) in [7, 11) is 0. The van der Waals surface area contributed by atoms with Crippen LogP contribution in [0.4, 0.5) is 19.3 Å². The Bertz CT molecular complexity index is 735. The fourth-order valence-electron chi connectivity index (χ4n) is 3.01. The summed E-state index contributed by atoms with van der Waals surface area (Å²) in [5, 5.41) is 10.00. The summed E-state index contributed by atoms with van der Waals surface area (Å²) in [6, 6.07) is 6.89. The van der Waals surface area contributed by atoms with Gasteiger partial charge in [-0.15, -0.1) is 0 Å². The highest BCUT2D eigenvalue weighted by atomic mass is 19.1. The van der Waals surface area contributed by atoms with Crippen molar-refractivity contribution in [1.82, 2.24) is 4.90 Å². The van der Waals surface area contributed by atoms with Crippen LogP contribution in [-0.2, 0) is 0 Å². The van der Waals surface area contributed by atoms with Crippen molar-refractivity contribution in [3.8, 4) is 0 Å². The van der Waals surface area contributed by atoms with Crippen LogP contribution in [0.25, 0.3) is 10.8 Å². The predicted molar refractivity (Wildman–Crippen MR) is 80.3 cm³/mol. The van der Waals surface area contributed by atoms with Gasteiger partial charge < -0.3 is 14.9 Å². The standard InChI is InChI=1S/C16H16F2N2O2/c1-10-9-19(6-7-20(10)16(21)22)15-5-4-14(18)13-8-11(17)2-3-12(13)15/h2-5,8,10H,6-7,9H2,1H3,(H,21,22). The monoisotopic (exact) mass is 306 g/mol. The van der Waals surface area contributed by atoms with Crippen LogP contribution in [0.3, 0.4) is 0 Å². The molecule has 1 fully saturated rings. The van der Waals surface area contributed by atoms with Gasteiger partial charge in [0.1, 0.15) is 11.6 Å². The molecule has 2 aromatic rings. The zero-order valence-electron chi connectivity index (χ0n) is 12.1. The van der Waals surface area contributed by atoms with E-state index in [0.29, 0.717) is 25.0 Å². The number of carboxylic acid groups (broad SMARTS) is 1. The molecule has 0 aromatic heterocycles. The highest BCUT2D eigenvalue weighted by Crippen LogP contribution is 2.31. The lowest BCUT2D eigenvalue weighted by Gasteiger charge is -2.39. The number of fused-ring (bicyclic) bond motifs is 1. The molecule has 1 unspecified atom stereocenters. The maximum atomic E-state index is 13.9. The molecule has 1 N–H and O–H groups in total. The number of benzene rings is 2. The lowest BCUT2D eigenvalue weighted by Crippen LogP contribution is -2.53. The average Bonchev–Trinajstić information content (AvgIpc) is 2.47. The molecule has 0 bridgehead atoms. The zero-order chi connectivity index (χ0) is 15.9. The van der Waals surface area contributed by atoms with Gasteiger partial charge in [-0.1, -0.05) is 0 Å². The fraction of sp³-hybridized carbons (Fsp3) is 0.312. The Morgan fingerprint density at radius 3 is 2.64 bits per heavy atom. The van der Waals surface area contributed by atoms with Crippen LogP contribution in [0.5, 0.6) is 0 Å². The third-order valence-electron chi connectivity index (χ3n) is 4.12. The van der Waals surface area contributed by atoms with Crippen LogP contribution >= 0.6 is 0 Å². The molecule has 1 atom stereocenters. The van der Waals surface area contributed by atoms with Gasteiger partial charge in [0.05, 0.1) is 0 Å². The van der Waals surface area contributed by atoms with Crippen molar-refractivity contribution in [2.45, 2.75) is 13.0 Å². The van der Waals surface area contributed by atoms with E-state index < -0.39 is 17.7 Å². The molecule has 4 nitrogen and oxygen atoms in total. The Morgan fingerprint density at radius 1 is 1.18 bits per heavy atom. The number of piperazine rings is 1. The lowest BCUT2D eigenvalue weighted by atomic mass is 10.1. The van der Waals surface area contributed by atoms with Crippen molar-refractivity contribution < 1.29 is 18.7 Å². The Morgan fingerprint density at radius 2 is 1.95 bits per heavy atom. The van der Waals surface area contributed by atoms with Crippen LogP contribution in [0.15, 0.2) is 30.3 Å². The maximum absolute atomic E-state index is 13.9. The lowest BCUT2D eigenvalue weighted by molar-refractivity contribution is 0.123. The molecule has 0 radical (unpaired) electrons. The van der Waals surface area contributed by atoms with E-state index in [9.17, 15) is 13.6 Å². The molecule has 2 aromatic carbocycles. The number of rotatable bonds is 1. The Kier molecular flexibility index (Phi) is 3.60. The number of hydrogen-bond donors (Lipinski definition) is 1. The number of hydrogen-bond acceptors (Lipinski definition) is 2. The molecule has 1 aliphatic rings. The molecule has 22 heavy (non-hydrogen) atoms. The van der Waals surface area contributed by atoms with Crippen molar-refractivity contribution in [1.29, 1.82) is 0 Å². The summed E-state index contributed by atoms with van der Waals surface area (Å²) >= 11 is 0. The van der Waals surface area contributed by atoms with Crippen molar-refractivity contribution >= 4 is 22.6 Å². The smallest absolute Gasteiger partial charge is 0.407 e. The highest BCUT2D eigenvalue weighted by molar-refractivity contribution is 5.95. The number of amides is 1. The molecule has 1 heterocycles. The van der Waals surface area contributed by atoms with Crippen LogP contribution in [0.1, 0.15) is 6.92 Å². The summed E-state index contributed by atoms with van der Waals surface area (Å²) in [6.45, 7) is 3.27. The van der Waals surface area contributed by atoms with Gasteiger partial charge >= 0.3 is 6.09 Å². The van der Waals surface area contributed by atoms with Gasteiger partial charge in [0.15, 0.2) is 0 Å². The second-order valence-electron chi connectivity index (χ2n) is 5.53. The molecule has 6 heteroatoms. The van der Waals surface area contributed by atoms with Gasteiger partial charge in [0, 0.05) is 42.1 Å². The van der Waals surface area contributed by atoms with E-state index >= 15 is 0 Å². The first-order chi connectivity index (χ1) is 10.5. The highest BCUT2D eigenvalue weighted by Gasteiger charge is 2.28. The quantitative estimate of drug-likeness (QED) is 0.879. The van der Waals surface area contributed by atoms with E-state index in [1.54, 1.807) is 12.1 Å². The van der Waals surface area contributed by atoms with E-state index in [1.165, 1.54) is 23.1 Å². The minimum absolute atomic E-state index is 0.160. The van der Waals surface area contributed by atoms with Gasteiger partial charge in [-0.2, -0.15) is 0 Å². The van der Waals surface area contributed by atoms with E-state index in [4.69, 9.17) is 5.11 Å². The second kappa shape index (κ2) is 5.44. The van der Waals surface area contributed by atoms with Crippen molar-refractivity contribution in [3.63, 3.8) is 0 Å². The maximum Gasteiger partial charge on any atom is 0.407 e. The van der Waals surface area contributed by atoms with E-state index in [1.807, 2.05) is 11.8 Å². The normalized spacial score (nSPS) is 18.8. The first-order valence-corrected chi connectivity index (χ1v) is 7.09. The Balaban J connectivity index is 1.98. The van der Waals surface area contributed by atoms with Gasteiger partial charge in [0.2, 0.25) is 0 Å². The van der Waals surface area contributed by atoms with Crippen LogP contribution in [0, 0.1) is 11.6 Å². The molecule has 1 amide bonds. The third-order valence-corrected chi connectivity index (χ3v) is 4.12. The molecule has 0 spiro atoms. The van der Waals surface area contributed by atoms with Gasteiger partial charge in [-0.3, -0.25) is 0 Å². The first kappa shape index (κ1) is 14.6. The van der Waals surface area contributed by atoms with Crippen molar-refractivity contribution in [3.05, 3.63) is 42.0 Å². The summed E-state index contributed by atoms with van der Waals surface area (Å²) in [5.74, 6) is -0.942. The summed E-state index contributed by atoms with van der Waals surface area (Å²) in [5.41, 5.74) is 0.799. The van der Waals surface area contributed by atoms with Crippen molar-refractivity contribution in [2.24, 2.45) is 0 Å². The largest absolute Gasteiger partial charge is 0.465 e. The fourth-order valence-corrected chi connectivity index (χ4v) is 3.01. The summed E-state index contributed by atoms with van der Waals surface area (Å²) in [4.78, 5) is 14.5. The van der Waals surface area contributed by atoms with Gasteiger partial charge in [-0.25, -0.2) is 13.6 Å². The predicted octanol–water partition coefficient (Wildman–Crippen LogP) is 3.31. The van der Waals surface area contributed by atoms with E-state index in [-0.39, 0.29) is 11.4 Å². The van der Waals surface area contributed by atoms with Crippen molar-refractivity contribution in [2.75, 3.05) is 24.5 Å². The minimum atomic E-state index is -0.932. The molecule has 3 rings (SSSR count). The number of halogens is 2. The summed E-state index contributed by atoms with van der Waals surface area (Å²) in [6.07, 6.45) is -0.932. The van der Waals surface area contributed by atoms with Gasteiger partial charge in [0.25, 0.3) is 0 Å². The van der Waals surface area contributed by atoms with Crippen LogP contribution in [-0.4, -0.2) is 41.8 Å². The molecule has 0 aliphatic carbocycles. The average molecular weight is 306 g/mol.